The summed E-state index contributed by atoms with van der Waals surface area (Å²) in [6, 6.07) is 10.8. The van der Waals surface area contributed by atoms with E-state index < -0.39 is 12.5 Å². The van der Waals surface area contributed by atoms with Crippen LogP contribution < -0.4 is 4.74 Å². The van der Waals surface area contributed by atoms with Gasteiger partial charge in [0.1, 0.15) is 5.75 Å². The lowest BCUT2D eigenvalue weighted by Crippen LogP contribution is -2.23. The fourth-order valence-electron chi connectivity index (χ4n) is 1.37. The van der Waals surface area contributed by atoms with Gasteiger partial charge in [0, 0.05) is 11.8 Å². The van der Waals surface area contributed by atoms with E-state index >= 15 is 0 Å². The molecule has 1 aromatic heterocycles. The van der Waals surface area contributed by atoms with E-state index in [0.29, 0.717) is 5.75 Å². The quantitative estimate of drug-likeness (QED) is 0.811. The van der Waals surface area contributed by atoms with Crippen molar-refractivity contribution in [3.63, 3.8) is 0 Å². The fourth-order valence-corrected chi connectivity index (χ4v) is 1.37. The van der Waals surface area contributed by atoms with E-state index in [-0.39, 0.29) is 5.56 Å². The molecular weight excluding hydrogens is 224 g/mol. The number of benzene rings is 1. The van der Waals surface area contributed by atoms with Gasteiger partial charge in [-0.05, 0) is 12.1 Å². The maximum Gasteiger partial charge on any atom is 0.306 e. The van der Waals surface area contributed by atoms with Crippen molar-refractivity contribution in [2.45, 2.75) is 5.92 Å². The van der Waals surface area contributed by atoms with Crippen LogP contribution in [-0.4, -0.2) is 11.6 Å². The smallest absolute Gasteiger partial charge is 0.306 e. The summed E-state index contributed by atoms with van der Waals surface area (Å²) in [7, 11) is 0. The average molecular weight is 235 g/mol. The summed E-state index contributed by atoms with van der Waals surface area (Å²) in [5, 5.41) is 0. The van der Waals surface area contributed by atoms with Crippen LogP contribution >= 0.6 is 0 Å². The maximum atomic E-state index is 13.7. The Kier molecular flexibility index (Phi) is 3.32. The lowest BCUT2D eigenvalue weighted by Gasteiger charge is -2.17. The summed E-state index contributed by atoms with van der Waals surface area (Å²) < 4.78 is 32.4. The number of ether oxygens (including phenoxy) is 1. The molecule has 2 aromatic rings. The average Bonchev–Trinajstić information content (AvgIpc) is 2.39. The number of hydrogen-bond acceptors (Lipinski definition) is 2. The van der Waals surface area contributed by atoms with Crippen molar-refractivity contribution in [3.8, 4) is 5.75 Å². The van der Waals surface area contributed by atoms with Gasteiger partial charge in [0.05, 0.1) is 6.20 Å². The third kappa shape index (κ3) is 3.00. The van der Waals surface area contributed by atoms with Crippen LogP contribution in [0.2, 0.25) is 0 Å². The molecule has 2 nitrogen and oxygen atoms in total. The summed E-state index contributed by atoms with van der Waals surface area (Å²) in [6.07, 6.45) is 2.96. The zero-order valence-electron chi connectivity index (χ0n) is 9.01. The Morgan fingerprint density at radius 1 is 1.06 bits per heavy atom. The number of nitrogens with zero attached hydrogens (tertiary/aromatic N) is 1. The summed E-state index contributed by atoms with van der Waals surface area (Å²) in [4.78, 5) is 3.79. The van der Waals surface area contributed by atoms with Crippen LogP contribution in [0.25, 0.3) is 0 Å². The summed E-state index contributed by atoms with van der Waals surface area (Å²) >= 11 is 0. The zero-order chi connectivity index (χ0) is 12.1. The molecule has 0 bridgehead atoms. The lowest BCUT2D eigenvalue weighted by atomic mass is 10.1. The Labute approximate surface area is 97.9 Å². The third-order valence-electron chi connectivity index (χ3n) is 2.25. The van der Waals surface area contributed by atoms with Crippen LogP contribution in [0.15, 0.2) is 54.9 Å². The van der Waals surface area contributed by atoms with Crippen molar-refractivity contribution in [1.82, 2.24) is 4.98 Å². The lowest BCUT2D eigenvalue weighted by molar-refractivity contribution is -0.0468. The highest BCUT2D eigenvalue weighted by Gasteiger charge is 2.32. The predicted octanol–water partition coefficient (Wildman–Crippen LogP) is 3.25. The Bertz CT molecular complexity index is 459. The van der Waals surface area contributed by atoms with Gasteiger partial charge in [0.15, 0.2) is 6.61 Å². The molecule has 0 atom stereocenters. The molecule has 17 heavy (non-hydrogen) atoms. The van der Waals surface area contributed by atoms with Gasteiger partial charge in [-0.1, -0.05) is 30.3 Å². The number of aromatic nitrogens is 1. The van der Waals surface area contributed by atoms with Gasteiger partial charge < -0.3 is 4.74 Å². The molecule has 88 valence electrons. The van der Waals surface area contributed by atoms with E-state index in [4.69, 9.17) is 4.74 Å². The first-order chi connectivity index (χ1) is 8.18. The molecule has 0 saturated heterocycles. The topological polar surface area (TPSA) is 22.1 Å². The largest absolute Gasteiger partial charge is 0.485 e. The standard InChI is InChI=1S/C13H11F2NO/c14-13(15,11-5-2-1-3-6-11)10-17-12-7-4-8-16-9-12/h1-9H,10H2. The summed E-state index contributed by atoms with van der Waals surface area (Å²) in [5.74, 6) is -2.67. The molecule has 0 unspecified atom stereocenters. The second-order valence-electron chi connectivity index (χ2n) is 3.55. The molecule has 2 rings (SSSR count). The van der Waals surface area contributed by atoms with Gasteiger partial charge in [-0.15, -0.1) is 0 Å². The second kappa shape index (κ2) is 4.91. The number of halogens is 2. The van der Waals surface area contributed by atoms with Crippen LogP contribution in [-0.2, 0) is 5.92 Å². The molecule has 0 amide bonds. The van der Waals surface area contributed by atoms with E-state index in [1.54, 1.807) is 36.5 Å². The Morgan fingerprint density at radius 3 is 2.47 bits per heavy atom. The normalized spacial score (nSPS) is 11.2. The highest BCUT2D eigenvalue weighted by atomic mass is 19.3. The second-order valence-corrected chi connectivity index (χ2v) is 3.55. The molecule has 1 heterocycles. The Morgan fingerprint density at radius 2 is 1.82 bits per heavy atom. The Hall–Kier alpha value is -1.97. The van der Waals surface area contributed by atoms with Gasteiger partial charge in [0.2, 0.25) is 0 Å². The van der Waals surface area contributed by atoms with E-state index in [1.807, 2.05) is 0 Å². The molecule has 0 radical (unpaired) electrons. The highest BCUT2D eigenvalue weighted by Crippen LogP contribution is 2.28. The van der Waals surface area contributed by atoms with Gasteiger partial charge in [0.25, 0.3) is 0 Å². The molecule has 0 fully saturated rings. The van der Waals surface area contributed by atoms with Gasteiger partial charge in [-0.2, -0.15) is 8.78 Å². The molecule has 0 N–H and O–H groups in total. The van der Waals surface area contributed by atoms with Crippen molar-refractivity contribution < 1.29 is 13.5 Å². The van der Waals surface area contributed by atoms with Crippen molar-refractivity contribution in [2.75, 3.05) is 6.61 Å². The monoisotopic (exact) mass is 235 g/mol. The number of hydrogen-bond donors (Lipinski definition) is 0. The van der Waals surface area contributed by atoms with Crippen LogP contribution in [0.3, 0.4) is 0 Å². The molecule has 0 aliphatic heterocycles. The molecule has 1 aromatic carbocycles. The molecule has 4 heteroatoms. The fraction of sp³-hybridized carbons (Fsp3) is 0.154. The summed E-state index contributed by atoms with van der Waals surface area (Å²) in [5.41, 5.74) is -0.0520. The van der Waals surface area contributed by atoms with Crippen LogP contribution in [0.5, 0.6) is 5.75 Å². The van der Waals surface area contributed by atoms with E-state index in [0.717, 1.165) is 0 Å². The van der Waals surface area contributed by atoms with E-state index in [2.05, 4.69) is 4.98 Å². The van der Waals surface area contributed by atoms with Gasteiger partial charge >= 0.3 is 5.92 Å². The first kappa shape index (κ1) is 11.5. The van der Waals surface area contributed by atoms with Crippen molar-refractivity contribution in [1.29, 1.82) is 0 Å². The number of alkyl halides is 2. The zero-order valence-corrected chi connectivity index (χ0v) is 9.01. The minimum Gasteiger partial charge on any atom is -0.485 e. The predicted molar refractivity (Wildman–Crippen MR) is 60.1 cm³/mol. The molecule has 0 saturated carbocycles. The minimum absolute atomic E-state index is 0.0520. The summed E-state index contributed by atoms with van der Waals surface area (Å²) in [6.45, 7) is -0.692. The van der Waals surface area contributed by atoms with Crippen LogP contribution in [0.1, 0.15) is 5.56 Å². The first-order valence-electron chi connectivity index (χ1n) is 5.15. The SMILES string of the molecule is FC(F)(COc1cccnc1)c1ccccc1. The first-order valence-corrected chi connectivity index (χ1v) is 5.15. The van der Waals surface area contributed by atoms with Crippen molar-refractivity contribution in [3.05, 3.63) is 60.4 Å². The van der Waals surface area contributed by atoms with Crippen LogP contribution in [0.4, 0.5) is 8.78 Å². The minimum atomic E-state index is -3.00. The Balaban J connectivity index is 2.03. The molecule has 0 aliphatic rings. The highest BCUT2D eigenvalue weighted by molar-refractivity contribution is 5.21. The maximum absolute atomic E-state index is 13.7. The van der Waals surface area contributed by atoms with Crippen LogP contribution in [0, 0.1) is 0 Å². The van der Waals surface area contributed by atoms with E-state index in [1.165, 1.54) is 18.3 Å². The van der Waals surface area contributed by atoms with Crippen molar-refractivity contribution in [2.24, 2.45) is 0 Å². The molecular formula is C13H11F2NO. The number of rotatable bonds is 4. The van der Waals surface area contributed by atoms with E-state index in [9.17, 15) is 8.78 Å². The van der Waals surface area contributed by atoms with Gasteiger partial charge in [-0.3, -0.25) is 4.98 Å². The van der Waals surface area contributed by atoms with Gasteiger partial charge in [-0.25, -0.2) is 0 Å². The van der Waals surface area contributed by atoms with Crippen molar-refractivity contribution >= 4 is 0 Å². The number of pyridine rings is 1. The molecule has 0 spiro atoms. The molecule has 0 aliphatic carbocycles. The third-order valence-corrected chi connectivity index (χ3v) is 2.25.